The van der Waals surface area contributed by atoms with Crippen molar-refractivity contribution in [3.63, 3.8) is 0 Å². The van der Waals surface area contributed by atoms with E-state index < -0.39 is 5.97 Å². The van der Waals surface area contributed by atoms with E-state index in [2.05, 4.69) is 5.32 Å². The van der Waals surface area contributed by atoms with Crippen molar-refractivity contribution in [2.24, 2.45) is 5.92 Å². The maximum Gasteiger partial charge on any atom is 0.306 e. The predicted octanol–water partition coefficient (Wildman–Crippen LogP) is 3.31. The molecule has 1 amide bonds. The van der Waals surface area contributed by atoms with E-state index >= 15 is 0 Å². The van der Waals surface area contributed by atoms with Crippen molar-refractivity contribution in [1.29, 1.82) is 0 Å². The molecule has 2 N–H and O–H groups in total. The van der Waals surface area contributed by atoms with Crippen LogP contribution in [0, 0.1) is 5.92 Å². The number of ether oxygens (including phenoxy) is 1. The summed E-state index contributed by atoms with van der Waals surface area (Å²) in [6.07, 6.45) is 1.82. The normalized spacial score (nSPS) is 19.8. The average molecular weight is 345 g/mol. The number of benzene rings is 1. The van der Waals surface area contributed by atoms with Crippen LogP contribution >= 0.6 is 11.3 Å². The number of amides is 1. The van der Waals surface area contributed by atoms with Crippen LogP contribution < -0.4 is 10.1 Å². The third-order valence-corrected chi connectivity index (χ3v) is 5.02. The molecule has 0 radical (unpaired) electrons. The molecule has 0 saturated heterocycles. The fourth-order valence-corrected chi connectivity index (χ4v) is 3.50. The van der Waals surface area contributed by atoms with Gasteiger partial charge in [-0.15, -0.1) is 11.3 Å². The fraction of sp³-hybridized carbons (Fsp3) is 0.333. The molecule has 24 heavy (non-hydrogen) atoms. The van der Waals surface area contributed by atoms with Crippen molar-refractivity contribution in [2.45, 2.75) is 31.9 Å². The maximum atomic E-state index is 12.4. The smallest absolute Gasteiger partial charge is 0.306 e. The number of rotatable bonds is 6. The first-order valence-corrected chi connectivity index (χ1v) is 8.78. The summed E-state index contributed by atoms with van der Waals surface area (Å²) in [5.74, 6) is -0.676. The van der Waals surface area contributed by atoms with Crippen LogP contribution in [0.5, 0.6) is 5.75 Å². The van der Waals surface area contributed by atoms with Gasteiger partial charge in [-0.1, -0.05) is 12.1 Å². The Balaban J connectivity index is 1.57. The fourth-order valence-electron chi connectivity index (χ4n) is 2.88. The molecule has 0 spiro atoms. The van der Waals surface area contributed by atoms with Gasteiger partial charge in [0.05, 0.1) is 5.92 Å². The highest BCUT2D eigenvalue weighted by atomic mass is 32.1. The monoisotopic (exact) mass is 345 g/mol. The largest absolute Gasteiger partial charge is 0.488 e. The minimum absolute atomic E-state index is 0.0747. The van der Waals surface area contributed by atoms with E-state index in [0.29, 0.717) is 37.2 Å². The van der Waals surface area contributed by atoms with Crippen molar-refractivity contribution in [2.75, 3.05) is 0 Å². The minimum Gasteiger partial charge on any atom is -0.488 e. The van der Waals surface area contributed by atoms with Crippen LogP contribution in [0.4, 0.5) is 0 Å². The highest BCUT2D eigenvalue weighted by molar-refractivity contribution is 7.09. The highest BCUT2D eigenvalue weighted by Crippen LogP contribution is 2.26. The lowest BCUT2D eigenvalue weighted by molar-refractivity contribution is -0.141. The first-order chi connectivity index (χ1) is 11.6. The minimum atomic E-state index is -0.782. The van der Waals surface area contributed by atoms with E-state index in [1.807, 2.05) is 23.6 Å². The van der Waals surface area contributed by atoms with Crippen LogP contribution in [-0.2, 0) is 11.4 Å². The van der Waals surface area contributed by atoms with Crippen LogP contribution in [0.15, 0.2) is 41.8 Å². The van der Waals surface area contributed by atoms with Gasteiger partial charge in [-0.25, -0.2) is 0 Å². The van der Waals surface area contributed by atoms with Crippen molar-refractivity contribution in [3.8, 4) is 5.75 Å². The summed E-state index contributed by atoms with van der Waals surface area (Å²) in [7, 11) is 0. The van der Waals surface area contributed by atoms with E-state index in [0.717, 1.165) is 4.88 Å². The van der Waals surface area contributed by atoms with E-state index in [1.165, 1.54) is 0 Å². The molecule has 6 heteroatoms. The number of thiophene rings is 1. The van der Waals surface area contributed by atoms with E-state index in [4.69, 9.17) is 9.84 Å². The molecule has 0 aliphatic heterocycles. The number of hydrogen-bond acceptors (Lipinski definition) is 4. The molecule has 1 aromatic carbocycles. The van der Waals surface area contributed by atoms with Crippen molar-refractivity contribution in [3.05, 3.63) is 52.2 Å². The van der Waals surface area contributed by atoms with Crippen LogP contribution in [0.3, 0.4) is 0 Å². The summed E-state index contributed by atoms with van der Waals surface area (Å²) in [6.45, 7) is 0.478. The third-order valence-electron chi connectivity index (χ3n) is 4.17. The number of carboxylic acids is 1. The maximum absolute atomic E-state index is 12.4. The molecule has 2 aromatic rings. The molecular formula is C18H19NO4S. The lowest BCUT2D eigenvalue weighted by Gasteiger charge is -2.13. The lowest BCUT2D eigenvalue weighted by Crippen LogP contribution is -2.33. The number of aliphatic carboxylic acids is 1. The number of carbonyl (C=O) groups excluding carboxylic acids is 1. The summed E-state index contributed by atoms with van der Waals surface area (Å²) in [6, 6.07) is 10.9. The van der Waals surface area contributed by atoms with Gasteiger partial charge in [0.1, 0.15) is 12.4 Å². The summed E-state index contributed by atoms with van der Waals surface area (Å²) in [5.41, 5.74) is 0.525. The van der Waals surface area contributed by atoms with Gasteiger partial charge in [-0.05, 0) is 48.9 Å². The van der Waals surface area contributed by atoms with E-state index in [-0.39, 0.29) is 17.9 Å². The molecule has 0 unspecified atom stereocenters. The molecule has 3 rings (SSSR count). The summed E-state index contributed by atoms with van der Waals surface area (Å²) < 4.78 is 5.71. The standard InChI is InChI=1S/C18H19NO4S/c20-17(19-14-7-6-13(9-14)18(21)22)12-3-1-4-15(10-12)23-11-16-5-2-8-24-16/h1-5,8,10,13-14H,6-7,9,11H2,(H,19,20)(H,21,22)/t13-,14+/m1/s1. The lowest BCUT2D eigenvalue weighted by atomic mass is 10.1. The van der Waals surface area contributed by atoms with Gasteiger partial charge in [0, 0.05) is 16.5 Å². The highest BCUT2D eigenvalue weighted by Gasteiger charge is 2.30. The van der Waals surface area contributed by atoms with Gasteiger partial charge in [-0.3, -0.25) is 9.59 Å². The van der Waals surface area contributed by atoms with Crippen molar-refractivity contribution >= 4 is 23.2 Å². The van der Waals surface area contributed by atoms with Crippen molar-refractivity contribution in [1.82, 2.24) is 5.32 Å². The van der Waals surface area contributed by atoms with Gasteiger partial charge in [0.25, 0.3) is 5.91 Å². The zero-order chi connectivity index (χ0) is 16.9. The molecule has 1 saturated carbocycles. The Kier molecular flexibility index (Phi) is 5.15. The molecule has 1 aliphatic rings. The molecule has 1 aromatic heterocycles. The van der Waals surface area contributed by atoms with Crippen LogP contribution in [0.25, 0.3) is 0 Å². The van der Waals surface area contributed by atoms with Crippen molar-refractivity contribution < 1.29 is 19.4 Å². The second-order valence-electron chi connectivity index (χ2n) is 5.91. The molecule has 126 valence electrons. The molecule has 2 atom stereocenters. The Labute approximate surface area is 144 Å². The molecule has 1 heterocycles. The Morgan fingerprint density at radius 3 is 2.83 bits per heavy atom. The SMILES string of the molecule is O=C(N[C@H]1CC[C@@H](C(=O)O)C1)c1cccc(OCc2cccs2)c1. The molecular weight excluding hydrogens is 326 g/mol. The molecule has 5 nitrogen and oxygen atoms in total. The second-order valence-corrected chi connectivity index (χ2v) is 6.95. The predicted molar refractivity (Wildman–Crippen MR) is 91.3 cm³/mol. The Morgan fingerprint density at radius 1 is 1.25 bits per heavy atom. The van der Waals surface area contributed by atoms with Gasteiger partial charge < -0.3 is 15.2 Å². The Morgan fingerprint density at radius 2 is 2.12 bits per heavy atom. The van der Waals surface area contributed by atoms with Gasteiger partial charge in [0.2, 0.25) is 0 Å². The van der Waals surface area contributed by atoms with E-state index in [9.17, 15) is 9.59 Å². The summed E-state index contributed by atoms with van der Waals surface area (Å²) in [5, 5.41) is 13.9. The van der Waals surface area contributed by atoms with Gasteiger partial charge in [-0.2, -0.15) is 0 Å². The average Bonchev–Trinajstić information content (AvgIpc) is 3.25. The first-order valence-electron chi connectivity index (χ1n) is 7.91. The molecule has 1 aliphatic carbocycles. The van der Waals surface area contributed by atoms with Crippen LogP contribution in [-0.4, -0.2) is 23.0 Å². The topological polar surface area (TPSA) is 75.6 Å². The van der Waals surface area contributed by atoms with Crippen LogP contribution in [0.2, 0.25) is 0 Å². The first kappa shape index (κ1) is 16.5. The quantitative estimate of drug-likeness (QED) is 0.842. The zero-order valence-electron chi connectivity index (χ0n) is 13.1. The number of carboxylic acid groups (broad SMARTS) is 1. The second kappa shape index (κ2) is 7.49. The number of nitrogens with one attached hydrogen (secondary N) is 1. The Bertz CT molecular complexity index is 714. The van der Waals surface area contributed by atoms with Crippen LogP contribution in [0.1, 0.15) is 34.5 Å². The Hall–Kier alpha value is -2.34. The summed E-state index contributed by atoms with van der Waals surface area (Å²) >= 11 is 1.62. The summed E-state index contributed by atoms with van der Waals surface area (Å²) in [4.78, 5) is 24.5. The van der Waals surface area contributed by atoms with Gasteiger partial charge >= 0.3 is 5.97 Å². The van der Waals surface area contributed by atoms with Gasteiger partial charge in [0.15, 0.2) is 0 Å². The number of carbonyl (C=O) groups is 2. The van der Waals surface area contributed by atoms with E-state index in [1.54, 1.807) is 29.5 Å². The third kappa shape index (κ3) is 4.14. The molecule has 0 bridgehead atoms. The molecule has 1 fully saturated rings. The number of hydrogen-bond donors (Lipinski definition) is 2. The zero-order valence-corrected chi connectivity index (χ0v) is 13.9.